The maximum Gasteiger partial charge on any atom is 0.306 e. The first-order valence-electron chi connectivity index (χ1n) is 28.3. The minimum atomic E-state index is -0.807. The van der Waals surface area contributed by atoms with Gasteiger partial charge in [0.05, 0.1) is 0 Å². The lowest BCUT2D eigenvalue weighted by Gasteiger charge is -2.18. The van der Waals surface area contributed by atoms with Crippen molar-refractivity contribution in [2.45, 2.75) is 232 Å². The van der Waals surface area contributed by atoms with Crippen molar-refractivity contribution in [3.8, 4) is 0 Å². The number of hydrogen-bond acceptors (Lipinski definition) is 6. The lowest BCUT2D eigenvalue weighted by Crippen LogP contribution is -2.30. The first-order chi connectivity index (χ1) is 35.0. The van der Waals surface area contributed by atoms with Gasteiger partial charge in [0.2, 0.25) is 0 Å². The zero-order valence-electron chi connectivity index (χ0n) is 45.4. The third-order valence-corrected chi connectivity index (χ3v) is 11.3. The van der Waals surface area contributed by atoms with Crippen LogP contribution in [0.3, 0.4) is 0 Å². The van der Waals surface area contributed by atoms with Crippen LogP contribution in [0.15, 0.2) is 146 Å². The number of ether oxygens (including phenoxy) is 3. The highest BCUT2D eigenvalue weighted by atomic mass is 16.6. The fourth-order valence-electron chi connectivity index (χ4n) is 7.15. The molecule has 0 rings (SSSR count). The summed E-state index contributed by atoms with van der Waals surface area (Å²) >= 11 is 0. The second kappa shape index (κ2) is 57.9. The molecule has 0 aliphatic rings. The summed E-state index contributed by atoms with van der Waals surface area (Å²) in [5.74, 6) is -0.978. The van der Waals surface area contributed by atoms with E-state index in [4.69, 9.17) is 14.2 Å². The van der Waals surface area contributed by atoms with Crippen LogP contribution in [0.1, 0.15) is 226 Å². The second-order valence-electron chi connectivity index (χ2n) is 18.1. The lowest BCUT2D eigenvalue weighted by atomic mass is 10.1. The smallest absolute Gasteiger partial charge is 0.306 e. The van der Waals surface area contributed by atoms with Gasteiger partial charge in [-0.15, -0.1) is 0 Å². The standard InChI is InChI=1S/C65H102O6/c1-4-7-10-13-16-18-20-22-24-26-28-29-30-31-32-33-34-35-37-38-40-42-44-46-49-52-55-58-64(67)70-61-62(60-69-63(66)57-54-51-48-15-12-9-6-3)71-65(68)59-56-53-50-47-45-43-41-39-36-27-25-23-21-19-17-14-11-8-5-2/h7-8,10-11,16-19,22-25,28-29,31-32,34-36,38-40,44,46,62H,4-6,9,12-15,20-21,26-27,30,33,37,41-43,45,47-61H2,1-3H3/b10-7-,11-8-,18-16-,19-17-,24-22-,25-23-,29-28-,32-31-,35-34-,39-36-,40-38-,46-44-. The summed E-state index contributed by atoms with van der Waals surface area (Å²) in [6.45, 7) is 6.30. The molecule has 0 saturated carbocycles. The summed E-state index contributed by atoms with van der Waals surface area (Å²) in [7, 11) is 0. The van der Waals surface area contributed by atoms with Crippen molar-refractivity contribution in [3.63, 3.8) is 0 Å². The number of unbranched alkanes of at least 4 members (excludes halogenated alkanes) is 14. The Morgan fingerprint density at radius 2 is 0.549 bits per heavy atom. The molecule has 0 aromatic carbocycles. The minimum absolute atomic E-state index is 0.103. The van der Waals surface area contributed by atoms with Crippen LogP contribution in [0, 0.1) is 0 Å². The molecule has 0 aromatic rings. The highest BCUT2D eigenvalue weighted by Gasteiger charge is 2.19. The number of carbonyl (C=O) groups excluding carboxylic acids is 3. The van der Waals surface area contributed by atoms with E-state index < -0.39 is 6.10 Å². The molecule has 1 atom stereocenters. The molecule has 0 radical (unpaired) electrons. The van der Waals surface area contributed by atoms with E-state index in [-0.39, 0.29) is 31.1 Å². The zero-order valence-corrected chi connectivity index (χ0v) is 45.4. The Balaban J connectivity index is 4.35. The number of hydrogen-bond donors (Lipinski definition) is 0. The Labute approximate surface area is 436 Å². The quantitative estimate of drug-likeness (QED) is 0.0262. The summed E-state index contributed by atoms with van der Waals surface area (Å²) in [6, 6.07) is 0. The van der Waals surface area contributed by atoms with Gasteiger partial charge in [-0.25, -0.2) is 0 Å². The molecule has 398 valence electrons. The number of esters is 3. The zero-order chi connectivity index (χ0) is 51.4. The number of allylic oxidation sites excluding steroid dienone is 24. The van der Waals surface area contributed by atoms with E-state index in [2.05, 4.69) is 167 Å². The van der Waals surface area contributed by atoms with Gasteiger partial charge in [-0.3, -0.25) is 14.4 Å². The Hall–Kier alpha value is -4.71. The third kappa shape index (κ3) is 56.1. The fraction of sp³-hybridized carbons (Fsp3) is 0.585. The minimum Gasteiger partial charge on any atom is -0.462 e. The van der Waals surface area contributed by atoms with E-state index in [0.29, 0.717) is 25.7 Å². The first-order valence-corrected chi connectivity index (χ1v) is 28.3. The molecular formula is C65H102O6. The summed E-state index contributed by atoms with van der Waals surface area (Å²) in [6.07, 6.45) is 82.9. The van der Waals surface area contributed by atoms with E-state index in [0.717, 1.165) is 141 Å². The van der Waals surface area contributed by atoms with E-state index in [1.807, 2.05) is 0 Å². The van der Waals surface area contributed by atoms with Gasteiger partial charge in [0.15, 0.2) is 6.10 Å². The summed E-state index contributed by atoms with van der Waals surface area (Å²) in [5, 5.41) is 0. The molecule has 0 spiro atoms. The highest BCUT2D eigenvalue weighted by Crippen LogP contribution is 2.13. The average molecular weight is 980 g/mol. The van der Waals surface area contributed by atoms with Crippen molar-refractivity contribution >= 4 is 17.9 Å². The maximum atomic E-state index is 12.8. The Bertz CT molecular complexity index is 1590. The molecule has 0 amide bonds. The molecule has 6 nitrogen and oxygen atoms in total. The molecule has 0 heterocycles. The summed E-state index contributed by atoms with van der Waals surface area (Å²) < 4.78 is 16.7. The van der Waals surface area contributed by atoms with Crippen LogP contribution in [0.5, 0.6) is 0 Å². The number of carbonyl (C=O) groups is 3. The molecular weight excluding hydrogens is 877 g/mol. The van der Waals surface area contributed by atoms with E-state index in [1.54, 1.807) is 0 Å². The van der Waals surface area contributed by atoms with Crippen LogP contribution in [-0.4, -0.2) is 37.2 Å². The first kappa shape index (κ1) is 66.3. The molecule has 0 N–H and O–H groups in total. The molecule has 71 heavy (non-hydrogen) atoms. The van der Waals surface area contributed by atoms with Crippen molar-refractivity contribution < 1.29 is 28.6 Å². The third-order valence-electron chi connectivity index (χ3n) is 11.3. The van der Waals surface area contributed by atoms with Crippen LogP contribution in [0.4, 0.5) is 0 Å². The Morgan fingerprint density at radius 3 is 0.887 bits per heavy atom. The lowest BCUT2D eigenvalue weighted by molar-refractivity contribution is -0.167. The van der Waals surface area contributed by atoms with E-state index in [1.165, 1.54) is 38.5 Å². The molecule has 6 heteroatoms. The van der Waals surface area contributed by atoms with Gasteiger partial charge in [0.25, 0.3) is 0 Å². The molecule has 0 fully saturated rings. The molecule has 0 saturated heterocycles. The maximum absolute atomic E-state index is 12.8. The average Bonchev–Trinajstić information content (AvgIpc) is 3.37. The van der Waals surface area contributed by atoms with Gasteiger partial charge in [-0.05, 0) is 122 Å². The van der Waals surface area contributed by atoms with Crippen molar-refractivity contribution in [1.82, 2.24) is 0 Å². The van der Waals surface area contributed by atoms with Crippen molar-refractivity contribution in [2.75, 3.05) is 13.2 Å². The predicted octanol–water partition coefficient (Wildman–Crippen LogP) is 19.2. The van der Waals surface area contributed by atoms with Crippen LogP contribution < -0.4 is 0 Å². The van der Waals surface area contributed by atoms with Crippen molar-refractivity contribution in [2.24, 2.45) is 0 Å². The van der Waals surface area contributed by atoms with Gasteiger partial charge >= 0.3 is 17.9 Å². The normalized spacial score (nSPS) is 13.2. The van der Waals surface area contributed by atoms with Gasteiger partial charge < -0.3 is 14.2 Å². The van der Waals surface area contributed by atoms with E-state index in [9.17, 15) is 14.4 Å². The van der Waals surface area contributed by atoms with Crippen LogP contribution in [0.2, 0.25) is 0 Å². The monoisotopic (exact) mass is 979 g/mol. The molecule has 0 bridgehead atoms. The van der Waals surface area contributed by atoms with E-state index >= 15 is 0 Å². The molecule has 0 aliphatic carbocycles. The topological polar surface area (TPSA) is 78.9 Å². The number of rotatable bonds is 49. The summed E-state index contributed by atoms with van der Waals surface area (Å²) in [4.78, 5) is 37.9. The van der Waals surface area contributed by atoms with Crippen molar-refractivity contribution in [3.05, 3.63) is 146 Å². The van der Waals surface area contributed by atoms with Gasteiger partial charge in [-0.2, -0.15) is 0 Å². The highest BCUT2D eigenvalue weighted by molar-refractivity contribution is 5.71. The summed E-state index contributed by atoms with van der Waals surface area (Å²) in [5.41, 5.74) is 0. The molecule has 1 unspecified atom stereocenters. The Kier molecular flexibility index (Phi) is 54.0. The Morgan fingerprint density at radius 1 is 0.296 bits per heavy atom. The SMILES string of the molecule is CC/C=C\C/C=C\C/C=C\C/C=C\C/C=C\C/C=C\C/C=C\C/C=C\CCCCC(=O)OCC(COC(=O)CCCCCCCCC)OC(=O)CCCCCCCC/C=C\C/C=C\C/C=C\C/C=C\CC. The predicted molar refractivity (Wildman–Crippen MR) is 306 cm³/mol. The fourth-order valence-corrected chi connectivity index (χ4v) is 7.15. The van der Waals surface area contributed by atoms with Crippen LogP contribution in [0.25, 0.3) is 0 Å². The largest absolute Gasteiger partial charge is 0.462 e. The van der Waals surface area contributed by atoms with Gasteiger partial charge in [0.1, 0.15) is 13.2 Å². The molecule has 0 aliphatic heterocycles. The van der Waals surface area contributed by atoms with Gasteiger partial charge in [0, 0.05) is 19.3 Å². The second-order valence-corrected chi connectivity index (χ2v) is 18.1. The van der Waals surface area contributed by atoms with Crippen LogP contribution in [-0.2, 0) is 28.6 Å². The van der Waals surface area contributed by atoms with Gasteiger partial charge in [-0.1, -0.05) is 231 Å². The molecule has 0 aromatic heterocycles. The van der Waals surface area contributed by atoms with Crippen molar-refractivity contribution in [1.29, 1.82) is 0 Å². The van der Waals surface area contributed by atoms with Crippen LogP contribution >= 0.6 is 0 Å².